The van der Waals surface area contributed by atoms with Gasteiger partial charge in [-0.15, -0.1) is 0 Å². The van der Waals surface area contributed by atoms with Gasteiger partial charge in [0.2, 0.25) is 5.70 Å². The molecule has 0 fully saturated rings. The third-order valence-electron chi connectivity index (χ3n) is 1.21. The first-order chi connectivity index (χ1) is 4.01. The van der Waals surface area contributed by atoms with Crippen LogP contribution in [0.5, 0.6) is 0 Å². The summed E-state index contributed by atoms with van der Waals surface area (Å²) in [4.78, 5) is 0.667. The molecule has 0 aromatic rings. The number of hydroxylamine groups is 1. The molecule has 50 valence electrons. The van der Waals surface area contributed by atoms with E-state index in [0.717, 1.165) is 0 Å². The van der Waals surface area contributed by atoms with Gasteiger partial charge in [-0.1, -0.05) is 4.86 Å². The van der Waals surface area contributed by atoms with Crippen LogP contribution in [0.2, 0.25) is 0 Å². The van der Waals surface area contributed by atoms with E-state index < -0.39 is 0 Å². The first kappa shape index (κ1) is 6.26. The largest absolute Gasteiger partial charge is 0.594 e. The van der Waals surface area contributed by atoms with Gasteiger partial charge in [0.15, 0.2) is 0 Å². The highest BCUT2D eigenvalue weighted by atomic mass is 16.5. The molecule has 0 radical (unpaired) electrons. The molecule has 0 amide bonds. The fourth-order valence-corrected chi connectivity index (χ4v) is 0.908. The third kappa shape index (κ3) is 1.09. The van der Waals surface area contributed by atoms with E-state index in [1.165, 1.54) is 0 Å². The fourth-order valence-electron chi connectivity index (χ4n) is 0.908. The van der Waals surface area contributed by atoms with Crippen LogP contribution in [0.25, 0.3) is 0 Å². The first-order valence-electron chi connectivity index (χ1n) is 2.91. The molecule has 9 heavy (non-hydrogen) atoms. The Balaban J connectivity index is 2.96. The lowest BCUT2D eigenvalue weighted by Gasteiger charge is -2.00. The summed E-state index contributed by atoms with van der Waals surface area (Å²) in [6.07, 6.45) is 1.85. The first-order valence-corrected chi connectivity index (χ1v) is 2.91. The van der Waals surface area contributed by atoms with Crippen molar-refractivity contribution in [1.29, 1.82) is 0 Å². The summed E-state index contributed by atoms with van der Waals surface area (Å²) < 4.78 is 0. The predicted octanol–water partition coefficient (Wildman–Crippen LogP) is 1.64. The molecule has 0 saturated heterocycles. The van der Waals surface area contributed by atoms with Gasteiger partial charge in [-0.3, -0.25) is 0 Å². The van der Waals surface area contributed by atoms with Crippen LogP contribution in [0.1, 0.15) is 20.8 Å². The molecule has 1 heterocycles. The van der Waals surface area contributed by atoms with Gasteiger partial charge in [-0.05, 0) is 19.0 Å². The van der Waals surface area contributed by atoms with Crippen LogP contribution in [-0.2, 0) is 0 Å². The van der Waals surface area contributed by atoms with Crippen LogP contribution < -0.4 is 0 Å². The maximum absolute atomic E-state index is 10.7. The molecule has 0 aromatic carbocycles. The SMILES string of the molecule is CC1=CC(C)(C)N=[N+]1[O-]. The van der Waals surface area contributed by atoms with Crippen molar-refractivity contribution in [3.05, 3.63) is 17.0 Å². The Morgan fingerprint density at radius 3 is 2.33 bits per heavy atom. The van der Waals surface area contributed by atoms with Crippen LogP contribution in [0, 0.1) is 5.21 Å². The topological polar surface area (TPSA) is 38.4 Å². The molecule has 1 rings (SSSR count). The lowest BCUT2D eigenvalue weighted by molar-refractivity contribution is -0.475. The molecular weight excluding hydrogens is 116 g/mol. The number of rotatable bonds is 0. The zero-order chi connectivity index (χ0) is 7.07. The molecule has 0 N–H and O–H groups in total. The van der Waals surface area contributed by atoms with Crippen LogP contribution in [0.15, 0.2) is 16.9 Å². The van der Waals surface area contributed by atoms with E-state index in [0.29, 0.717) is 10.6 Å². The van der Waals surface area contributed by atoms with E-state index in [1.54, 1.807) is 6.92 Å². The highest BCUT2D eigenvalue weighted by Gasteiger charge is 2.26. The highest BCUT2D eigenvalue weighted by molar-refractivity contribution is 5.05. The average molecular weight is 126 g/mol. The van der Waals surface area contributed by atoms with E-state index in [4.69, 9.17) is 0 Å². The quantitative estimate of drug-likeness (QED) is 0.359. The third-order valence-corrected chi connectivity index (χ3v) is 1.21. The Bertz CT molecular complexity index is 171. The van der Waals surface area contributed by atoms with Gasteiger partial charge >= 0.3 is 0 Å². The summed E-state index contributed by atoms with van der Waals surface area (Å²) in [6, 6.07) is 0. The van der Waals surface area contributed by atoms with Crippen molar-refractivity contribution in [2.75, 3.05) is 0 Å². The van der Waals surface area contributed by atoms with E-state index in [9.17, 15) is 5.21 Å². The Hall–Kier alpha value is -0.860. The van der Waals surface area contributed by atoms with Crippen molar-refractivity contribution >= 4 is 0 Å². The van der Waals surface area contributed by atoms with Crippen LogP contribution in [-0.4, -0.2) is 10.4 Å². The summed E-state index contributed by atoms with van der Waals surface area (Å²) in [5, 5.41) is 14.5. The molecule has 0 atom stereocenters. The zero-order valence-corrected chi connectivity index (χ0v) is 5.88. The highest BCUT2D eigenvalue weighted by Crippen LogP contribution is 2.20. The van der Waals surface area contributed by atoms with E-state index in [-0.39, 0.29) is 5.54 Å². The smallest absolute Gasteiger partial charge is 0.216 e. The average Bonchev–Trinajstić information content (AvgIpc) is 1.79. The lowest BCUT2D eigenvalue weighted by Crippen LogP contribution is -2.08. The van der Waals surface area contributed by atoms with Crippen LogP contribution in [0.3, 0.4) is 0 Å². The molecule has 0 aliphatic carbocycles. The number of nitrogens with zero attached hydrogens (tertiary/aromatic N) is 2. The van der Waals surface area contributed by atoms with Crippen molar-refractivity contribution in [3.8, 4) is 0 Å². The maximum atomic E-state index is 10.7. The van der Waals surface area contributed by atoms with Gasteiger partial charge in [0.25, 0.3) is 0 Å². The summed E-state index contributed by atoms with van der Waals surface area (Å²) in [5.74, 6) is 0. The Kier molecular flexibility index (Phi) is 1.08. The summed E-state index contributed by atoms with van der Waals surface area (Å²) in [5.41, 5.74) is 0.395. The summed E-state index contributed by atoms with van der Waals surface area (Å²) in [6.45, 7) is 5.55. The molecule has 0 bridgehead atoms. The van der Waals surface area contributed by atoms with Gasteiger partial charge in [-0.25, -0.2) is 0 Å². The Morgan fingerprint density at radius 1 is 1.67 bits per heavy atom. The number of hydrogen-bond donors (Lipinski definition) is 0. The van der Waals surface area contributed by atoms with Gasteiger partial charge in [0.05, 0.1) is 0 Å². The van der Waals surface area contributed by atoms with Crippen LogP contribution in [0.4, 0.5) is 0 Å². The molecule has 0 spiro atoms. The lowest BCUT2D eigenvalue weighted by atomic mass is 10.1. The van der Waals surface area contributed by atoms with E-state index >= 15 is 0 Å². The second kappa shape index (κ2) is 1.56. The minimum Gasteiger partial charge on any atom is -0.594 e. The van der Waals surface area contributed by atoms with Gasteiger partial charge in [-0.2, -0.15) is 0 Å². The molecule has 3 nitrogen and oxygen atoms in total. The summed E-state index contributed by atoms with van der Waals surface area (Å²) >= 11 is 0. The van der Waals surface area contributed by atoms with E-state index in [1.807, 2.05) is 19.9 Å². The molecule has 0 aromatic heterocycles. The van der Waals surface area contributed by atoms with Crippen molar-refractivity contribution in [1.82, 2.24) is 0 Å². The normalized spacial score (nSPS) is 23.4. The molecule has 3 heteroatoms. The van der Waals surface area contributed by atoms with Crippen molar-refractivity contribution in [3.63, 3.8) is 0 Å². The Labute approximate surface area is 54.3 Å². The van der Waals surface area contributed by atoms with Gasteiger partial charge in [0.1, 0.15) is 5.54 Å². The Morgan fingerprint density at radius 2 is 2.22 bits per heavy atom. The second-order valence-electron chi connectivity index (χ2n) is 2.81. The maximum Gasteiger partial charge on any atom is 0.216 e. The van der Waals surface area contributed by atoms with E-state index in [2.05, 4.69) is 5.11 Å². The number of allylic oxidation sites excluding steroid dienone is 1. The van der Waals surface area contributed by atoms with Crippen molar-refractivity contribution in [2.45, 2.75) is 26.3 Å². The monoisotopic (exact) mass is 126 g/mol. The number of azo groups is 1. The predicted molar refractivity (Wildman–Crippen MR) is 33.9 cm³/mol. The van der Waals surface area contributed by atoms with Crippen LogP contribution >= 0.6 is 0 Å². The fraction of sp³-hybridized carbons (Fsp3) is 0.667. The standard InChI is InChI=1S/C6H10N2O/c1-5-4-6(2,3)7-8(5)9/h4H,1-3H3. The minimum atomic E-state index is -0.286. The minimum absolute atomic E-state index is 0.286. The molecule has 0 saturated carbocycles. The molecule has 1 aliphatic rings. The van der Waals surface area contributed by atoms with Gasteiger partial charge < -0.3 is 5.21 Å². The molecule has 0 unspecified atom stereocenters. The molecule has 1 aliphatic heterocycles. The number of hydrogen-bond acceptors (Lipinski definition) is 2. The van der Waals surface area contributed by atoms with Gasteiger partial charge in [0, 0.05) is 13.0 Å². The summed E-state index contributed by atoms with van der Waals surface area (Å²) in [7, 11) is 0. The van der Waals surface area contributed by atoms with Crippen molar-refractivity contribution < 1.29 is 4.86 Å². The zero-order valence-electron chi connectivity index (χ0n) is 5.88. The second-order valence-corrected chi connectivity index (χ2v) is 2.81. The molecular formula is C6H10N2O. The van der Waals surface area contributed by atoms with Crippen molar-refractivity contribution in [2.24, 2.45) is 5.11 Å².